The summed E-state index contributed by atoms with van der Waals surface area (Å²) >= 11 is 1.80. The van der Waals surface area contributed by atoms with E-state index in [2.05, 4.69) is 15.5 Å². The molecule has 0 radical (unpaired) electrons. The molecule has 5 nitrogen and oxygen atoms in total. The Morgan fingerprint density at radius 1 is 1.60 bits per heavy atom. The molecule has 0 spiro atoms. The Hall–Kier alpha value is -0.880. The molecule has 2 rings (SSSR count). The number of aryl methyl sites for hydroxylation is 1. The van der Waals surface area contributed by atoms with Gasteiger partial charge in [-0.2, -0.15) is 11.8 Å². The summed E-state index contributed by atoms with van der Waals surface area (Å²) in [5, 5.41) is 11.0. The summed E-state index contributed by atoms with van der Waals surface area (Å²) in [6.07, 6.45) is 0. The maximum Gasteiger partial charge on any atom is 0.217 e. The SMILES string of the molecule is Cc1nnc(C(=O)C2CSCCN2)n1C. The molecular weight excluding hydrogens is 212 g/mol. The third-order valence-electron chi connectivity index (χ3n) is 2.55. The minimum absolute atomic E-state index is 0.0466. The van der Waals surface area contributed by atoms with E-state index in [0.717, 1.165) is 23.9 Å². The van der Waals surface area contributed by atoms with E-state index >= 15 is 0 Å². The van der Waals surface area contributed by atoms with Crippen molar-refractivity contribution in [1.29, 1.82) is 0 Å². The molecule has 1 N–H and O–H groups in total. The quantitative estimate of drug-likeness (QED) is 0.720. The molecule has 1 aliphatic heterocycles. The summed E-state index contributed by atoms with van der Waals surface area (Å²) in [7, 11) is 1.82. The molecule has 0 saturated carbocycles. The lowest BCUT2D eigenvalue weighted by molar-refractivity contribution is 0.0939. The Labute approximate surface area is 92.6 Å². The van der Waals surface area contributed by atoms with E-state index in [4.69, 9.17) is 0 Å². The van der Waals surface area contributed by atoms with E-state index in [9.17, 15) is 4.79 Å². The van der Waals surface area contributed by atoms with Crippen LogP contribution in [0.15, 0.2) is 0 Å². The van der Waals surface area contributed by atoms with Crippen LogP contribution in [0.25, 0.3) is 0 Å². The molecule has 1 aromatic heterocycles. The zero-order chi connectivity index (χ0) is 10.8. The second-order valence-corrected chi connectivity index (χ2v) is 4.73. The number of ketones is 1. The molecule has 1 aliphatic rings. The molecule has 1 fully saturated rings. The summed E-state index contributed by atoms with van der Waals surface area (Å²) in [6, 6.07) is -0.106. The van der Waals surface area contributed by atoms with Gasteiger partial charge in [0.2, 0.25) is 11.6 Å². The van der Waals surface area contributed by atoms with Crippen molar-refractivity contribution in [2.75, 3.05) is 18.1 Å². The first-order chi connectivity index (χ1) is 7.20. The molecule has 0 aliphatic carbocycles. The van der Waals surface area contributed by atoms with Crippen molar-refractivity contribution in [1.82, 2.24) is 20.1 Å². The van der Waals surface area contributed by atoms with Crippen LogP contribution >= 0.6 is 11.8 Å². The fourth-order valence-electron chi connectivity index (χ4n) is 1.51. The van der Waals surface area contributed by atoms with Gasteiger partial charge in [-0.05, 0) is 6.92 Å². The predicted molar refractivity (Wildman–Crippen MR) is 59.2 cm³/mol. The van der Waals surface area contributed by atoms with Gasteiger partial charge < -0.3 is 9.88 Å². The first-order valence-corrected chi connectivity index (χ1v) is 6.07. The van der Waals surface area contributed by atoms with E-state index in [1.165, 1.54) is 0 Å². The van der Waals surface area contributed by atoms with Gasteiger partial charge in [-0.25, -0.2) is 0 Å². The van der Waals surface area contributed by atoms with Gasteiger partial charge in [0.1, 0.15) is 5.82 Å². The van der Waals surface area contributed by atoms with E-state index in [-0.39, 0.29) is 11.8 Å². The van der Waals surface area contributed by atoms with Gasteiger partial charge in [0.05, 0.1) is 6.04 Å². The average Bonchev–Trinajstić information content (AvgIpc) is 2.60. The van der Waals surface area contributed by atoms with Crippen molar-refractivity contribution in [3.05, 3.63) is 11.6 Å². The van der Waals surface area contributed by atoms with Crippen LogP contribution in [0.4, 0.5) is 0 Å². The topological polar surface area (TPSA) is 59.8 Å². The maximum absolute atomic E-state index is 12.0. The van der Waals surface area contributed by atoms with Crippen LogP contribution < -0.4 is 5.32 Å². The highest BCUT2D eigenvalue weighted by Crippen LogP contribution is 2.11. The highest BCUT2D eigenvalue weighted by Gasteiger charge is 2.26. The second kappa shape index (κ2) is 4.32. The lowest BCUT2D eigenvalue weighted by Crippen LogP contribution is -2.44. The van der Waals surface area contributed by atoms with Crippen molar-refractivity contribution in [3.63, 3.8) is 0 Å². The summed E-state index contributed by atoms with van der Waals surface area (Å²) < 4.78 is 1.74. The Balaban J connectivity index is 2.16. The normalized spacial score (nSPS) is 21.6. The zero-order valence-corrected chi connectivity index (χ0v) is 9.67. The number of thioether (sulfide) groups is 1. The molecule has 1 saturated heterocycles. The summed E-state index contributed by atoms with van der Waals surface area (Å²) in [6.45, 7) is 2.73. The van der Waals surface area contributed by atoms with E-state index in [0.29, 0.717) is 5.82 Å². The van der Waals surface area contributed by atoms with E-state index in [1.807, 2.05) is 14.0 Å². The summed E-state index contributed by atoms with van der Waals surface area (Å²) in [5.41, 5.74) is 0. The van der Waals surface area contributed by atoms with Crippen LogP contribution in [-0.4, -0.2) is 44.6 Å². The highest BCUT2D eigenvalue weighted by atomic mass is 32.2. The van der Waals surface area contributed by atoms with Gasteiger partial charge in [-0.15, -0.1) is 10.2 Å². The minimum Gasteiger partial charge on any atom is -0.312 e. The molecule has 15 heavy (non-hydrogen) atoms. The lowest BCUT2D eigenvalue weighted by Gasteiger charge is -2.21. The van der Waals surface area contributed by atoms with Gasteiger partial charge in [-0.1, -0.05) is 0 Å². The van der Waals surface area contributed by atoms with Gasteiger partial charge in [0.15, 0.2) is 0 Å². The smallest absolute Gasteiger partial charge is 0.217 e. The molecule has 6 heteroatoms. The Morgan fingerprint density at radius 3 is 2.93 bits per heavy atom. The molecule has 0 amide bonds. The van der Waals surface area contributed by atoms with Crippen molar-refractivity contribution >= 4 is 17.5 Å². The summed E-state index contributed by atoms with van der Waals surface area (Å²) in [5.74, 6) is 3.16. The van der Waals surface area contributed by atoms with E-state index in [1.54, 1.807) is 16.3 Å². The monoisotopic (exact) mass is 226 g/mol. The van der Waals surface area contributed by atoms with Crippen LogP contribution in [0.5, 0.6) is 0 Å². The number of Topliss-reactive ketones (excluding diaryl/α,β-unsaturated/α-hetero) is 1. The first-order valence-electron chi connectivity index (χ1n) is 4.91. The fourth-order valence-corrected chi connectivity index (χ4v) is 2.45. The molecule has 1 atom stereocenters. The van der Waals surface area contributed by atoms with Crippen molar-refractivity contribution < 1.29 is 4.79 Å². The van der Waals surface area contributed by atoms with Crippen molar-refractivity contribution in [3.8, 4) is 0 Å². The van der Waals surface area contributed by atoms with Crippen LogP contribution in [0.3, 0.4) is 0 Å². The Morgan fingerprint density at radius 2 is 2.40 bits per heavy atom. The third kappa shape index (κ3) is 2.05. The molecule has 82 valence electrons. The Kier molecular flexibility index (Phi) is 3.06. The average molecular weight is 226 g/mol. The first kappa shape index (κ1) is 10.6. The standard InChI is InChI=1S/C9H14N4OS/c1-6-11-12-9(13(6)2)8(14)7-5-15-4-3-10-7/h7,10H,3-5H2,1-2H3. The maximum atomic E-state index is 12.0. The minimum atomic E-state index is -0.106. The number of carbonyl (C=O) groups excluding carboxylic acids is 1. The van der Waals surface area contributed by atoms with Crippen molar-refractivity contribution in [2.24, 2.45) is 7.05 Å². The third-order valence-corrected chi connectivity index (χ3v) is 3.61. The Bertz CT molecular complexity index is 370. The van der Waals surface area contributed by atoms with Crippen LogP contribution in [0.2, 0.25) is 0 Å². The van der Waals surface area contributed by atoms with Gasteiger partial charge in [-0.3, -0.25) is 4.79 Å². The largest absolute Gasteiger partial charge is 0.312 e. The lowest BCUT2D eigenvalue weighted by atomic mass is 10.2. The van der Waals surface area contributed by atoms with Gasteiger partial charge in [0, 0.05) is 25.1 Å². The molecule has 2 heterocycles. The number of hydrogen-bond acceptors (Lipinski definition) is 5. The number of hydrogen-bond donors (Lipinski definition) is 1. The number of rotatable bonds is 2. The van der Waals surface area contributed by atoms with Gasteiger partial charge >= 0.3 is 0 Å². The number of aromatic nitrogens is 3. The second-order valence-electron chi connectivity index (χ2n) is 3.58. The fraction of sp³-hybridized carbons (Fsp3) is 0.667. The molecule has 0 bridgehead atoms. The summed E-state index contributed by atoms with van der Waals surface area (Å²) in [4.78, 5) is 12.0. The van der Waals surface area contributed by atoms with Crippen LogP contribution in [0.1, 0.15) is 16.4 Å². The zero-order valence-electron chi connectivity index (χ0n) is 8.86. The number of carbonyl (C=O) groups is 1. The van der Waals surface area contributed by atoms with Crippen molar-refractivity contribution in [2.45, 2.75) is 13.0 Å². The highest BCUT2D eigenvalue weighted by molar-refractivity contribution is 7.99. The predicted octanol–water partition coefficient (Wildman–Crippen LogP) is 0.0112. The van der Waals surface area contributed by atoms with Crippen LogP contribution in [0, 0.1) is 6.92 Å². The molecule has 1 unspecified atom stereocenters. The molecule has 1 aromatic rings. The van der Waals surface area contributed by atoms with E-state index < -0.39 is 0 Å². The molecule has 0 aromatic carbocycles. The number of nitrogens with zero attached hydrogens (tertiary/aromatic N) is 3. The number of nitrogens with one attached hydrogen (secondary N) is 1. The van der Waals surface area contributed by atoms with Gasteiger partial charge in [0.25, 0.3) is 0 Å². The van der Waals surface area contributed by atoms with Crippen LogP contribution in [-0.2, 0) is 7.05 Å². The molecular formula is C9H14N4OS.